The molecule has 3 aromatic rings. The molecule has 0 aliphatic carbocycles. The Morgan fingerprint density at radius 2 is 1.84 bits per heavy atom. The van der Waals surface area contributed by atoms with E-state index < -0.39 is 21.0 Å². The number of ether oxygens (including phenoxy) is 1. The van der Waals surface area contributed by atoms with Crippen LogP contribution in [-0.4, -0.2) is 24.2 Å². The first-order valence-electron chi connectivity index (χ1n) is 7.66. The van der Waals surface area contributed by atoms with Crippen molar-refractivity contribution in [1.82, 2.24) is 4.57 Å². The van der Waals surface area contributed by atoms with Crippen molar-refractivity contribution in [3.63, 3.8) is 0 Å². The van der Waals surface area contributed by atoms with Crippen LogP contribution in [0.3, 0.4) is 0 Å². The van der Waals surface area contributed by atoms with Gasteiger partial charge in [-0.2, -0.15) is 0 Å². The largest absolute Gasteiger partial charge is 0.476 e. The number of carbonyl (C=O) groups is 1. The summed E-state index contributed by atoms with van der Waals surface area (Å²) < 4.78 is 30.6. The summed E-state index contributed by atoms with van der Waals surface area (Å²) in [5.41, 5.74) is 7.96. The number of aromatic nitrogens is 1. The average Bonchev–Trinajstić information content (AvgIpc) is 2.90. The Kier molecular flexibility index (Phi) is 4.50. The number of sulfone groups is 1. The van der Waals surface area contributed by atoms with E-state index in [2.05, 4.69) is 4.57 Å². The second-order valence-corrected chi connectivity index (χ2v) is 7.61. The molecule has 1 amide bonds. The zero-order chi connectivity index (χ0) is 18.0. The van der Waals surface area contributed by atoms with Crippen molar-refractivity contribution in [1.29, 1.82) is 0 Å². The standard InChI is InChI=1S/C18H18N2O4S/c1-13-10-15-16(20(13)11-14-6-3-2-4-7-14)8-5-9-17(15)24-12-25(22,23)18(19)21/h2-10H,11-12H2,1H3,(H2,19,21). The molecule has 130 valence electrons. The normalized spacial score (nSPS) is 11.6. The molecule has 0 aliphatic rings. The van der Waals surface area contributed by atoms with Crippen LogP contribution < -0.4 is 10.5 Å². The molecule has 2 N–H and O–H groups in total. The van der Waals surface area contributed by atoms with Gasteiger partial charge in [0.1, 0.15) is 5.75 Å². The minimum absolute atomic E-state index is 0.400. The third-order valence-corrected chi connectivity index (χ3v) is 5.01. The maximum absolute atomic E-state index is 11.5. The lowest BCUT2D eigenvalue weighted by atomic mass is 10.2. The van der Waals surface area contributed by atoms with Gasteiger partial charge in [0, 0.05) is 17.6 Å². The topological polar surface area (TPSA) is 91.4 Å². The van der Waals surface area contributed by atoms with Gasteiger partial charge >= 0.3 is 5.24 Å². The maximum Gasteiger partial charge on any atom is 0.337 e. The Hall–Kier alpha value is -2.80. The zero-order valence-corrected chi connectivity index (χ0v) is 14.5. The van der Waals surface area contributed by atoms with E-state index in [1.807, 2.05) is 49.4 Å². The van der Waals surface area contributed by atoms with Crippen molar-refractivity contribution in [2.75, 3.05) is 5.94 Å². The van der Waals surface area contributed by atoms with Crippen LogP contribution >= 0.6 is 0 Å². The molecule has 0 spiro atoms. The Balaban J connectivity index is 1.95. The number of rotatable bonds is 5. The maximum atomic E-state index is 11.5. The molecule has 0 bridgehead atoms. The Morgan fingerprint density at radius 1 is 1.12 bits per heavy atom. The van der Waals surface area contributed by atoms with E-state index in [0.717, 1.165) is 22.2 Å². The molecule has 0 atom stereocenters. The molecule has 0 fully saturated rings. The first-order chi connectivity index (χ1) is 11.9. The van der Waals surface area contributed by atoms with E-state index in [1.165, 1.54) is 0 Å². The first-order valence-corrected chi connectivity index (χ1v) is 9.31. The molecule has 0 radical (unpaired) electrons. The fourth-order valence-electron chi connectivity index (χ4n) is 2.69. The van der Waals surface area contributed by atoms with Gasteiger partial charge in [-0.3, -0.25) is 4.79 Å². The summed E-state index contributed by atoms with van der Waals surface area (Å²) in [5, 5.41) is -0.604. The molecule has 3 rings (SSSR count). The summed E-state index contributed by atoms with van der Waals surface area (Å²) in [6.07, 6.45) is 0. The number of primary amides is 1. The first kappa shape index (κ1) is 17.0. The molecule has 7 heteroatoms. The van der Waals surface area contributed by atoms with Crippen molar-refractivity contribution in [3.8, 4) is 5.75 Å². The lowest BCUT2D eigenvalue weighted by Crippen LogP contribution is -2.26. The molecule has 0 aliphatic heterocycles. The number of hydrogen-bond donors (Lipinski definition) is 1. The van der Waals surface area contributed by atoms with E-state index >= 15 is 0 Å². The van der Waals surface area contributed by atoms with Gasteiger partial charge in [-0.15, -0.1) is 0 Å². The number of nitrogens with zero attached hydrogens (tertiary/aromatic N) is 1. The van der Waals surface area contributed by atoms with Gasteiger partial charge < -0.3 is 15.0 Å². The van der Waals surface area contributed by atoms with Crippen molar-refractivity contribution >= 4 is 26.0 Å². The van der Waals surface area contributed by atoms with Crippen LogP contribution in [0.1, 0.15) is 11.3 Å². The van der Waals surface area contributed by atoms with Crippen LogP contribution in [0.2, 0.25) is 0 Å². The monoisotopic (exact) mass is 358 g/mol. The molecule has 6 nitrogen and oxygen atoms in total. The Bertz CT molecular complexity index is 1020. The van der Waals surface area contributed by atoms with Crippen LogP contribution in [0.25, 0.3) is 10.9 Å². The third kappa shape index (κ3) is 3.51. The third-order valence-electron chi connectivity index (χ3n) is 3.97. The number of fused-ring (bicyclic) bond motifs is 1. The molecule has 0 saturated heterocycles. The molecule has 0 saturated carbocycles. The molecular formula is C18H18N2O4S. The fourth-order valence-corrected chi connectivity index (χ4v) is 3.09. The molecule has 0 unspecified atom stereocenters. The second kappa shape index (κ2) is 6.60. The molecule has 2 aromatic carbocycles. The van der Waals surface area contributed by atoms with Crippen molar-refractivity contribution < 1.29 is 17.9 Å². The SMILES string of the molecule is Cc1cc2c(OCS(=O)(=O)C(N)=O)cccc2n1Cc1ccccc1. The quantitative estimate of drug-likeness (QED) is 0.759. The minimum Gasteiger partial charge on any atom is -0.476 e. The summed E-state index contributed by atoms with van der Waals surface area (Å²) in [6, 6.07) is 17.4. The van der Waals surface area contributed by atoms with E-state index in [-0.39, 0.29) is 0 Å². The Morgan fingerprint density at radius 3 is 2.52 bits per heavy atom. The predicted octanol–water partition coefficient (Wildman–Crippen LogP) is 2.83. The van der Waals surface area contributed by atoms with Gasteiger partial charge in [-0.25, -0.2) is 8.42 Å². The average molecular weight is 358 g/mol. The smallest absolute Gasteiger partial charge is 0.337 e. The van der Waals surface area contributed by atoms with E-state index in [9.17, 15) is 13.2 Å². The van der Waals surface area contributed by atoms with Crippen molar-refractivity contribution in [2.24, 2.45) is 5.73 Å². The van der Waals surface area contributed by atoms with Gasteiger partial charge in [-0.1, -0.05) is 36.4 Å². The Labute approximate surface area is 145 Å². The molecular weight excluding hydrogens is 340 g/mol. The van der Waals surface area contributed by atoms with Gasteiger partial charge in [0.05, 0.1) is 5.52 Å². The van der Waals surface area contributed by atoms with Crippen molar-refractivity contribution in [2.45, 2.75) is 13.5 Å². The number of benzene rings is 2. The van der Waals surface area contributed by atoms with Crippen LogP contribution in [0.5, 0.6) is 5.75 Å². The highest BCUT2D eigenvalue weighted by atomic mass is 32.2. The highest BCUT2D eigenvalue weighted by molar-refractivity contribution is 8.05. The van der Waals surface area contributed by atoms with E-state index in [4.69, 9.17) is 10.5 Å². The molecule has 1 heterocycles. The lowest BCUT2D eigenvalue weighted by Gasteiger charge is -2.10. The molecule has 25 heavy (non-hydrogen) atoms. The van der Waals surface area contributed by atoms with Crippen molar-refractivity contribution in [3.05, 3.63) is 65.9 Å². The number of amides is 1. The minimum atomic E-state index is -4.11. The highest BCUT2D eigenvalue weighted by Crippen LogP contribution is 2.29. The van der Waals surface area contributed by atoms with E-state index in [1.54, 1.807) is 12.1 Å². The van der Waals surface area contributed by atoms with Crippen LogP contribution in [0, 0.1) is 6.92 Å². The summed E-state index contributed by atoms with van der Waals surface area (Å²) in [4.78, 5) is 10.9. The summed E-state index contributed by atoms with van der Waals surface area (Å²) in [7, 11) is -4.11. The van der Waals surface area contributed by atoms with Gasteiger partial charge in [-0.05, 0) is 30.7 Å². The fraction of sp³-hybridized carbons (Fsp3) is 0.167. The number of carbonyl (C=O) groups excluding carboxylic acids is 1. The van der Waals surface area contributed by atoms with Gasteiger partial charge in [0.2, 0.25) is 0 Å². The highest BCUT2D eigenvalue weighted by Gasteiger charge is 2.20. The van der Waals surface area contributed by atoms with Crippen LogP contribution in [0.15, 0.2) is 54.6 Å². The number of aryl methyl sites for hydroxylation is 1. The van der Waals surface area contributed by atoms with Crippen LogP contribution in [-0.2, 0) is 16.4 Å². The summed E-state index contributed by atoms with van der Waals surface area (Å²) in [5.74, 6) is -0.373. The lowest BCUT2D eigenvalue weighted by molar-refractivity contribution is 0.264. The summed E-state index contributed by atoms with van der Waals surface area (Å²) >= 11 is 0. The molecule has 1 aromatic heterocycles. The van der Waals surface area contributed by atoms with Gasteiger partial charge in [0.25, 0.3) is 9.84 Å². The van der Waals surface area contributed by atoms with E-state index in [0.29, 0.717) is 12.3 Å². The predicted molar refractivity (Wildman–Crippen MR) is 96.2 cm³/mol. The zero-order valence-electron chi connectivity index (χ0n) is 13.7. The second-order valence-electron chi connectivity index (χ2n) is 5.74. The van der Waals surface area contributed by atoms with Crippen LogP contribution in [0.4, 0.5) is 4.79 Å². The number of nitrogens with two attached hydrogens (primary N) is 1. The number of hydrogen-bond acceptors (Lipinski definition) is 4. The summed E-state index contributed by atoms with van der Waals surface area (Å²) in [6.45, 7) is 2.67. The van der Waals surface area contributed by atoms with Gasteiger partial charge in [0.15, 0.2) is 5.94 Å².